The summed E-state index contributed by atoms with van der Waals surface area (Å²) >= 11 is 27.2. The predicted octanol–water partition coefficient (Wildman–Crippen LogP) is 9.97. The molecule has 1 aromatic carbocycles. The molecule has 0 N–H and O–H groups in total. The number of carbonyl (C=O) groups is 1. The lowest BCUT2D eigenvalue weighted by Crippen LogP contribution is -2.64. The Hall–Kier alpha value is -1.36. The van der Waals surface area contributed by atoms with Gasteiger partial charge < -0.3 is 4.74 Å². The predicted molar refractivity (Wildman–Crippen MR) is 110 cm³/mol. The molecule has 0 aliphatic rings. The summed E-state index contributed by atoms with van der Waals surface area (Å²) in [5.74, 6) is -2.68. The Morgan fingerprint density at radius 3 is 1.14 bits per heavy atom. The number of carbonyl (C=O) groups excluding carboxylic acids is 1. The highest BCUT2D eigenvalue weighted by Crippen LogP contribution is 2.61. The maximum Gasteiger partial charge on any atom is 0.527 e. The van der Waals surface area contributed by atoms with Crippen LogP contribution in [0.4, 0.5) is 70.2 Å². The van der Waals surface area contributed by atoms with Gasteiger partial charge in [-0.05, 0) is 0 Å². The van der Waals surface area contributed by atoms with E-state index in [0.717, 1.165) is 0 Å². The quantitative estimate of drug-likeness (QED) is 0.0738. The first-order valence-electron chi connectivity index (χ1n) is 9.25. The molecule has 26 heteroatoms. The molecule has 0 radical (unpaired) electrons. The summed E-state index contributed by atoms with van der Waals surface area (Å²) in [4.78, 5) is 11.7. The van der Waals surface area contributed by atoms with Crippen molar-refractivity contribution >= 4 is 64.0 Å². The first-order chi connectivity index (χ1) is 18.8. The number of hydrogen-bond acceptors (Lipinski definition) is 5. The van der Waals surface area contributed by atoms with E-state index in [1.54, 1.807) is 4.74 Å². The fourth-order valence-electron chi connectivity index (χ4n) is 2.50. The molecule has 1 unspecified atom stereocenters. The van der Waals surface area contributed by atoms with Gasteiger partial charge in [-0.2, -0.15) is 57.1 Å². The van der Waals surface area contributed by atoms with Crippen LogP contribution in [0, 0.1) is 0 Å². The van der Waals surface area contributed by atoms with Crippen molar-refractivity contribution < 1.29 is 94.0 Å². The molecule has 0 amide bonds. The molecule has 0 aliphatic carbocycles. The summed E-state index contributed by atoms with van der Waals surface area (Å²) in [5.41, 5.74) is -9.00. The van der Waals surface area contributed by atoms with Gasteiger partial charge in [0.2, 0.25) is 0 Å². The van der Waals surface area contributed by atoms with Crippen LogP contribution in [0.15, 0.2) is 12.7 Å². The lowest BCUT2D eigenvalue weighted by atomic mass is 9.90. The Labute approximate surface area is 250 Å². The van der Waals surface area contributed by atoms with Crippen molar-refractivity contribution in [3.05, 3.63) is 43.3 Å². The van der Waals surface area contributed by atoms with E-state index in [0.29, 0.717) is 0 Å². The van der Waals surface area contributed by atoms with E-state index in [1.807, 2.05) is 0 Å². The van der Waals surface area contributed by atoms with Crippen LogP contribution < -0.4 is 0 Å². The lowest BCUT2D eigenvalue weighted by Gasteiger charge is -2.42. The lowest BCUT2D eigenvalue weighted by molar-refractivity contribution is -0.572. The molecule has 1 rings (SSSR count). The Morgan fingerprint density at radius 1 is 0.535 bits per heavy atom. The van der Waals surface area contributed by atoms with Gasteiger partial charge in [0.05, 0.1) is 30.7 Å². The van der Waals surface area contributed by atoms with Crippen LogP contribution in [-0.2, 0) is 29.3 Å². The Morgan fingerprint density at radius 2 is 0.837 bits per heavy atom. The minimum absolute atomic E-state index is 0.378. The topological polar surface area (TPSA) is 54.0 Å². The van der Waals surface area contributed by atoms with Crippen molar-refractivity contribution in [1.82, 2.24) is 0 Å². The van der Waals surface area contributed by atoms with E-state index < -0.39 is 85.3 Å². The zero-order valence-electron chi connectivity index (χ0n) is 18.8. The average Bonchev–Trinajstić information content (AvgIpc) is 2.76. The fraction of sp³-hybridized carbons (Fsp3) is 0.471. The zero-order chi connectivity index (χ0) is 34.6. The number of esters is 1. The number of benzene rings is 1. The number of ether oxygens (including phenoxy) is 4. The highest BCUT2D eigenvalue weighted by Gasteiger charge is 2.82. The molecule has 0 aliphatic heterocycles. The first-order valence-corrected chi connectivity index (χ1v) is 11.1. The Balaban J connectivity index is 4.00. The van der Waals surface area contributed by atoms with Gasteiger partial charge in [-0.25, -0.2) is 19.0 Å². The summed E-state index contributed by atoms with van der Waals surface area (Å²) in [6.07, 6.45) is -51.9. The van der Waals surface area contributed by atoms with Crippen LogP contribution in [0.3, 0.4) is 0 Å². The largest absolute Gasteiger partial charge is 0.527 e. The molecule has 248 valence electrons. The zero-order valence-corrected chi connectivity index (χ0v) is 22.5. The molecular formula is C17H3Cl5F16O5. The second-order valence-electron chi connectivity index (χ2n) is 7.08. The second kappa shape index (κ2) is 12.1. The van der Waals surface area contributed by atoms with Crippen molar-refractivity contribution in [1.29, 1.82) is 0 Å². The van der Waals surface area contributed by atoms with E-state index in [1.165, 1.54) is 4.74 Å². The van der Waals surface area contributed by atoms with Gasteiger partial charge in [0.15, 0.2) is 0 Å². The van der Waals surface area contributed by atoms with E-state index in [4.69, 9.17) is 58.0 Å². The molecule has 0 bridgehead atoms. The molecule has 0 spiro atoms. The highest BCUT2D eigenvalue weighted by atomic mass is 35.5. The van der Waals surface area contributed by atoms with Gasteiger partial charge in [0, 0.05) is 6.08 Å². The van der Waals surface area contributed by atoms with E-state index in [2.05, 4.69) is 16.1 Å². The van der Waals surface area contributed by atoms with Gasteiger partial charge in [-0.1, -0.05) is 64.6 Å². The molecule has 0 aromatic heterocycles. The van der Waals surface area contributed by atoms with Gasteiger partial charge in [-0.15, -0.1) is 13.2 Å². The summed E-state index contributed by atoms with van der Waals surface area (Å²) in [5, 5.41) is -8.02. The third-order valence-electron chi connectivity index (χ3n) is 4.23. The van der Waals surface area contributed by atoms with Crippen molar-refractivity contribution in [2.24, 2.45) is 0 Å². The molecule has 1 atom stereocenters. The number of alkyl halides is 16. The molecule has 1 aromatic rings. The number of halogens is 21. The fourth-order valence-corrected chi connectivity index (χ4v) is 3.91. The minimum atomic E-state index is -7.71. The summed E-state index contributed by atoms with van der Waals surface area (Å²) in [7, 11) is 0. The smallest absolute Gasteiger partial charge is 0.431 e. The van der Waals surface area contributed by atoms with Crippen LogP contribution in [0.2, 0.25) is 25.1 Å². The normalized spacial score (nSPS) is 15.7. The monoisotopic (exact) mass is 766 g/mol. The molecule has 0 saturated heterocycles. The molecule has 0 heterocycles. The van der Waals surface area contributed by atoms with Crippen molar-refractivity contribution in [3.63, 3.8) is 0 Å². The van der Waals surface area contributed by atoms with Gasteiger partial charge in [0.1, 0.15) is 0 Å². The van der Waals surface area contributed by atoms with Gasteiger partial charge >= 0.3 is 54.7 Å². The standard InChI is InChI=1S/C17H3Cl5F16O5/c1-2-3(39)40-10(11(23,24)25,4-5(18)7(20)9(22)8(21)6(4)19)12(26,27)41-13(28,29)14(30,31)42-15(32,33)16(34,35)43-17(36,37)38/h2H,1H2. The second-order valence-corrected chi connectivity index (χ2v) is 8.97. The first kappa shape index (κ1) is 39.7. The molecule has 43 heavy (non-hydrogen) atoms. The summed E-state index contributed by atoms with van der Waals surface area (Å²) < 4.78 is 226. The van der Waals surface area contributed by atoms with Gasteiger partial charge in [-0.3, -0.25) is 0 Å². The molecule has 5 nitrogen and oxygen atoms in total. The SMILES string of the molecule is C=CC(=O)OC(c1c(Cl)c(Cl)c(Cl)c(Cl)c1Cl)(C(F)(F)F)C(F)(F)OC(F)(F)C(F)(F)OC(F)(F)C(F)(F)OC(F)(F)F. The molecular weight excluding hydrogens is 765 g/mol. The molecule has 0 fully saturated rings. The van der Waals surface area contributed by atoms with Crippen LogP contribution >= 0.6 is 58.0 Å². The van der Waals surface area contributed by atoms with Crippen molar-refractivity contribution in [2.45, 2.75) is 48.7 Å². The maximum absolute atomic E-state index is 15.2. The third-order valence-corrected chi connectivity index (χ3v) is 6.50. The highest BCUT2D eigenvalue weighted by molar-refractivity contribution is 6.55. The maximum atomic E-state index is 15.2. The number of hydrogen-bond donors (Lipinski definition) is 0. The minimum Gasteiger partial charge on any atom is -0.431 e. The van der Waals surface area contributed by atoms with Crippen molar-refractivity contribution in [2.75, 3.05) is 0 Å². The Bertz CT molecular complexity index is 1220. The van der Waals surface area contributed by atoms with Crippen LogP contribution in [0.5, 0.6) is 0 Å². The third kappa shape index (κ3) is 7.55. The summed E-state index contributed by atoms with van der Waals surface area (Å²) in [6, 6.07) is 0. The number of rotatable bonds is 11. The Kier molecular flexibility index (Phi) is 11.2. The average molecular weight is 768 g/mol. The van der Waals surface area contributed by atoms with Crippen molar-refractivity contribution in [3.8, 4) is 0 Å². The van der Waals surface area contributed by atoms with E-state index in [-0.39, 0.29) is 6.08 Å². The molecule has 0 saturated carbocycles. The van der Waals surface area contributed by atoms with E-state index >= 15 is 8.78 Å². The summed E-state index contributed by atoms with van der Waals surface area (Å²) in [6.45, 7) is 2.50. The van der Waals surface area contributed by atoms with Crippen LogP contribution in [-0.4, -0.2) is 49.1 Å². The van der Waals surface area contributed by atoms with Crippen LogP contribution in [0.25, 0.3) is 0 Å². The van der Waals surface area contributed by atoms with Crippen LogP contribution in [0.1, 0.15) is 5.56 Å². The van der Waals surface area contributed by atoms with E-state index in [9.17, 15) is 66.3 Å². The van der Waals surface area contributed by atoms with Gasteiger partial charge in [0.25, 0.3) is 0 Å².